The van der Waals surface area contributed by atoms with Gasteiger partial charge in [-0.2, -0.15) is 5.10 Å². The number of amides is 3. The summed E-state index contributed by atoms with van der Waals surface area (Å²) in [5.41, 5.74) is 0.803. The molecule has 2 heterocycles. The number of nitrogens with one attached hydrogen (secondary N) is 3. The number of hydrogen-bond acceptors (Lipinski definition) is 3. The molecule has 0 saturated heterocycles. The first-order valence-electron chi connectivity index (χ1n) is 10.5. The summed E-state index contributed by atoms with van der Waals surface area (Å²) >= 11 is 5.94. The molecule has 0 unspecified atom stereocenters. The van der Waals surface area contributed by atoms with Crippen molar-refractivity contribution in [2.75, 3.05) is 29.4 Å². The second kappa shape index (κ2) is 7.66. The van der Waals surface area contributed by atoms with E-state index in [9.17, 15) is 14.0 Å². The molecule has 10 heteroatoms. The summed E-state index contributed by atoms with van der Waals surface area (Å²) in [6, 6.07) is 3.54. The van der Waals surface area contributed by atoms with Gasteiger partial charge in [-0.3, -0.25) is 9.89 Å². The Hall–Kier alpha value is -2.26. The van der Waals surface area contributed by atoms with Crippen molar-refractivity contribution in [1.82, 2.24) is 15.1 Å². The third-order valence-electron chi connectivity index (χ3n) is 6.86. The van der Waals surface area contributed by atoms with Crippen LogP contribution in [0.15, 0.2) is 18.2 Å². The lowest BCUT2D eigenvalue weighted by atomic mass is 9.83. The van der Waals surface area contributed by atoms with E-state index in [-0.39, 0.29) is 22.9 Å². The fourth-order valence-corrected chi connectivity index (χ4v) is 6.85. The highest BCUT2D eigenvalue weighted by Gasteiger charge is 2.51. The number of carbonyl (C=O) groups is 2. The van der Waals surface area contributed by atoms with E-state index < -0.39 is 27.4 Å². The van der Waals surface area contributed by atoms with Crippen LogP contribution in [0.2, 0.25) is 5.02 Å². The number of urea groups is 1. The Labute approximate surface area is 193 Å². The van der Waals surface area contributed by atoms with Gasteiger partial charge in [0.1, 0.15) is 5.82 Å². The number of halogens is 2. The van der Waals surface area contributed by atoms with Crippen molar-refractivity contribution in [2.24, 2.45) is 0 Å². The lowest BCUT2D eigenvalue weighted by molar-refractivity contribution is -0.120. The summed E-state index contributed by atoms with van der Waals surface area (Å²) in [7, 11) is -1.10. The topological polar surface area (TPSA) is 90.1 Å². The smallest absolute Gasteiger partial charge is 0.309 e. The number of nitrogens with zero attached hydrogens (tertiary/aromatic N) is 2. The minimum absolute atomic E-state index is 0.00209. The van der Waals surface area contributed by atoms with Gasteiger partial charge in [0.25, 0.3) is 0 Å². The Morgan fingerprint density at radius 3 is 2.50 bits per heavy atom. The van der Waals surface area contributed by atoms with Crippen molar-refractivity contribution in [1.29, 1.82) is 0 Å². The third-order valence-corrected chi connectivity index (χ3v) is 10.0. The van der Waals surface area contributed by atoms with Crippen LogP contribution in [0.1, 0.15) is 44.4 Å². The Morgan fingerprint density at radius 2 is 1.91 bits per heavy atom. The lowest BCUT2D eigenvalue weighted by Gasteiger charge is -2.53. The maximum absolute atomic E-state index is 14.1. The predicted molar refractivity (Wildman–Crippen MR) is 128 cm³/mol. The predicted octanol–water partition coefficient (Wildman–Crippen LogP) is 5.04. The van der Waals surface area contributed by atoms with Gasteiger partial charge in [0.15, 0.2) is 5.82 Å². The lowest BCUT2D eigenvalue weighted by Crippen LogP contribution is -2.51. The quantitative estimate of drug-likeness (QED) is 0.571. The first-order valence-corrected chi connectivity index (χ1v) is 13.7. The minimum atomic E-state index is -1.10. The number of fused-ring (bicyclic) bond motifs is 1. The zero-order chi connectivity index (χ0) is 23.5. The van der Waals surface area contributed by atoms with Crippen LogP contribution in [0, 0.1) is 5.82 Å². The molecular formula is C22H29ClFN5O2S. The fraction of sp³-hybridized carbons (Fsp3) is 0.500. The SMILES string of the molecule is CC1(C)c2[nH]nc(NC(=O)C3(S(C)(C)C)CCC3)c2CN1C(=O)Nc1cc(Cl)ccc1F. The van der Waals surface area contributed by atoms with E-state index in [1.54, 1.807) is 4.90 Å². The number of hydrogen-bond donors (Lipinski definition) is 3. The molecule has 7 nitrogen and oxygen atoms in total. The highest BCUT2D eigenvalue weighted by Crippen LogP contribution is 2.60. The Bertz CT molecular complexity index is 1090. The molecule has 1 fully saturated rings. The molecule has 3 N–H and O–H groups in total. The fourth-order valence-electron chi connectivity index (χ4n) is 4.56. The van der Waals surface area contributed by atoms with Gasteiger partial charge in [0, 0.05) is 10.6 Å². The molecule has 0 atom stereocenters. The highest BCUT2D eigenvalue weighted by molar-refractivity contribution is 8.33. The zero-order valence-electron chi connectivity index (χ0n) is 18.9. The standard InChI is InChI=1S/C22H29ClFN5O2S/c1-21(2)17-14(12-29(21)20(31)25-16-11-13(23)7-8-15(16)24)18(28-27-17)26-19(30)22(9-6-10-22)32(3,4)5/h7-8,11H,6,9-10,12H2,1-5H3,(H,25,31)(H2,26,27,28,30). The molecule has 32 heavy (non-hydrogen) atoms. The van der Waals surface area contributed by atoms with Crippen LogP contribution in [-0.4, -0.2) is 50.5 Å². The molecule has 0 bridgehead atoms. The van der Waals surface area contributed by atoms with Gasteiger partial charge in [-0.15, -0.1) is 0 Å². The number of aromatic nitrogens is 2. The maximum Gasteiger partial charge on any atom is 0.323 e. The summed E-state index contributed by atoms with van der Waals surface area (Å²) in [5, 5.41) is 13.3. The molecule has 1 saturated carbocycles. The number of H-pyrrole nitrogens is 1. The summed E-state index contributed by atoms with van der Waals surface area (Å²) in [6.45, 7) is 3.99. The van der Waals surface area contributed by atoms with E-state index in [1.165, 1.54) is 18.2 Å². The molecule has 2 aliphatic rings. The van der Waals surface area contributed by atoms with Gasteiger partial charge in [-0.25, -0.2) is 19.2 Å². The average molecular weight is 482 g/mol. The summed E-state index contributed by atoms with van der Waals surface area (Å²) < 4.78 is 13.8. The molecule has 1 aromatic carbocycles. The number of benzene rings is 1. The van der Waals surface area contributed by atoms with Crippen molar-refractivity contribution >= 4 is 45.1 Å². The number of aromatic amines is 1. The van der Waals surface area contributed by atoms with Crippen LogP contribution in [0.4, 0.5) is 20.7 Å². The second-order valence-electron chi connectivity index (χ2n) is 9.76. The van der Waals surface area contributed by atoms with E-state index in [2.05, 4.69) is 39.6 Å². The van der Waals surface area contributed by atoms with Crippen molar-refractivity contribution < 1.29 is 14.0 Å². The normalized spacial score (nSPS) is 19.2. The molecule has 1 aliphatic carbocycles. The van der Waals surface area contributed by atoms with E-state index in [1.807, 2.05) is 13.8 Å². The van der Waals surface area contributed by atoms with E-state index in [0.29, 0.717) is 10.8 Å². The van der Waals surface area contributed by atoms with Crippen LogP contribution in [0.25, 0.3) is 0 Å². The third kappa shape index (κ3) is 3.55. The Balaban J connectivity index is 1.55. The molecule has 1 aliphatic heterocycles. The van der Waals surface area contributed by atoms with Gasteiger partial charge in [0.05, 0.1) is 28.2 Å². The average Bonchev–Trinajstić information content (AvgIpc) is 3.14. The van der Waals surface area contributed by atoms with Crippen molar-refractivity contribution in [3.05, 3.63) is 40.3 Å². The summed E-state index contributed by atoms with van der Waals surface area (Å²) in [4.78, 5) is 27.9. The van der Waals surface area contributed by atoms with Crippen LogP contribution >= 0.6 is 21.6 Å². The van der Waals surface area contributed by atoms with Crippen LogP contribution in [0.3, 0.4) is 0 Å². The number of rotatable bonds is 4. The second-order valence-corrected chi connectivity index (χ2v) is 14.7. The molecule has 1 aromatic heterocycles. The first kappa shape index (κ1) is 22.9. The molecule has 0 radical (unpaired) electrons. The number of carbonyl (C=O) groups excluding carboxylic acids is 2. The van der Waals surface area contributed by atoms with Crippen LogP contribution in [0.5, 0.6) is 0 Å². The molecule has 2 aromatic rings. The molecular weight excluding hydrogens is 453 g/mol. The summed E-state index contributed by atoms with van der Waals surface area (Å²) in [5.74, 6) is -0.108. The monoisotopic (exact) mass is 481 g/mol. The van der Waals surface area contributed by atoms with E-state index >= 15 is 0 Å². The van der Waals surface area contributed by atoms with E-state index in [0.717, 1.165) is 30.5 Å². The van der Waals surface area contributed by atoms with Gasteiger partial charge in [0.2, 0.25) is 5.91 Å². The first-order chi connectivity index (χ1) is 14.9. The van der Waals surface area contributed by atoms with Gasteiger partial charge in [-0.1, -0.05) is 11.6 Å². The Morgan fingerprint density at radius 1 is 1.22 bits per heavy atom. The maximum atomic E-state index is 14.1. The zero-order valence-corrected chi connectivity index (χ0v) is 20.5. The molecule has 3 amide bonds. The summed E-state index contributed by atoms with van der Waals surface area (Å²) in [6.07, 6.45) is 9.34. The minimum Gasteiger partial charge on any atom is -0.309 e. The number of anilines is 2. The molecule has 174 valence electrons. The highest BCUT2D eigenvalue weighted by atomic mass is 35.5. The van der Waals surface area contributed by atoms with Gasteiger partial charge < -0.3 is 15.5 Å². The van der Waals surface area contributed by atoms with Crippen molar-refractivity contribution in [2.45, 2.75) is 49.9 Å². The van der Waals surface area contributed by atoms with Gasteiger partial charge in [-0.05, 0) is 70.1 Å². The van der Waals surface area contributed by atoms with Crippen molar-refractivity contribution in [3.8, 4) is 0 Å². The largest absolute Gasteiger partial charge is 0.323 e. The van der Waals surface area contributed by atoms with Crippen LogP contribution < -0.4 is 10.6 Å². The van der Waals surface area contributed by atoms with Crippen LogP contribution in [-0.2, 0) is 16.9 Å². The van der Waals surface area contributed by atoms with E-state index in [4.69, 9.17) is 11.6 Å². The molecule has 0 spiro atoms. The van der Waals surface area contributed by atoms with Crippen molar-refractivity contribution in [3.63, 3.8) is 0 Å². The van der Waals surface area contributed by atoms with Gasteiger partial charge >= 0.3 is 6.03 Å². The Kier molecular flexibility index (Phi) is 5.48. The molecule has 4 rings (SSSR count).